The van der Waals surface area contributed by atoms with Crippen LogP contribution in [0.15, 0.2) is 0 Å². The zero-order valence-electron chi connectivity index (χ0n) is 6.86. The van der Waals surface area contributed by atoms with Crippen LogP contribution in [0.5, 0.6) is 0 Å². The lowest BCUT2D eigenvalue weighted by Gasteiger charge is -2.07. The standard InChI is InChI=1S/C7H15NO4/c9-3-1-2-7(12)8-4-6(11)5-10/h6,9-11H,1-5H2,(H,8,12). The fourth-order valence-corrected chi connectivity index (χ4v) is 0.624. The zero-order chi connectivity index (χ0) is 9.40. The molecule has 0 heterocycles. The van der Waals surface area contributed by atoms with E-state index in [1.807, 2.05) is 0 Å². The lowest BCUT2D eigenvalue weighted by Crippen LogP contribution is -2.33. The predicted molar refractivity (Wildman–Crippen MR) is 42.4 cm³/mol. The number of hydrogen-bond donors (Lipinski definition) is 4. The van der Waals surface area contributed by atoms with Crippen molar-refractivity contribution >= 4 is 5.91 Å². The van der Waals surface area contributed by atoms with E-state index in [1.54, 1.807) is 0 Å². The van der Waals surface area contributed by atoms with Crippen molar-refractivity contribution in [3.63, 3.8) is 0 Å². The molecule has 1 unspecified atom stereocenters. The van der Waals surface area contributed by atoms with Gasteiger partial charge in [-0.05, 0) is 6.42 Å². The molecule has 1 atom stereocenters. The summed E-state index contributed by atoms with van der Waals surface area (Å²) in [5.74, 6) is -0.225. The van der Waals surface area contributed by atoms with E-state index in [9.17, 15) is 4.79 Å². The maximum atomic E-state index is 10.8. The Morgan fingerprint density at radius 2 is 2.08 bits per heavy atom. The van der Waals surface area contributed by atoms with Gasteiger partial charge in [0.25, 0.3) is 0 Å². The minimum absolute atomic E-state index is 0.0179. The van der Waals surface area contributed by atoms with Gasteiger partial charge in [-0.3, -0.25) is 4.79 Å². The van der Waals surface area contributed by atoms with Crippen molar-refractivity contribution in [3.8, 4) is 0 Å². The van der Waals surface area contributed by atoms with E-state index in [0.29, 0.717) is 6.42 Å². The summed E-state index contributed by atoms with van der Waals surface area (Å²) in [7, 11) is 0. The Hall–Kier alpha value is -0.650. The molecule has 0 radical (unpaired) electrons. The molecule has 0 aromatic carbocycles. The van der Waals surface area contributed by atoms with Gasteiger partial charge in [-0.1, -0.05) is 0 Å². The van der Waals surface area contributed by atoms with Crippen LogP contribution in [-0.4, -0.2) is 47.1 Å². The quantitative estimate of drug-likeness (QED) is 0.386. The number of rotatable bonds is 6. The molecule has 0 rings (SSSR count). The number of carbonyl (C=O) groups excluding carboxylic acids is 1. The highest BCUT2D eigenvalue weighted by molar-refractivity contribution is 5.75. The molecule has 0 aliphatic carbocycles. The Morgan fingerprint density at radius 1 is 1.42 bits per heavy atom. The van der Waals surface area contributed by atoms with Gasteiger partial charge in [-0.15, -0.1) is 0 Å². The molecule has 0 aliphatic rings. The van der Waals surface area contributed by atoms with Crippen LogP contribution in [0.3, 0.4) is 0 Å². The Morgan fingerprint density at radius 3 is 2.58 bits per heavy atom. The molecule has 4 N–H and O–H groups in total. The Bertz CT molecular complexity index is 129. The number of nitrogens with one attached hydrogen (secondary N) is 1. The molecule has 0 spiro atoms. The highest BCUT2D eigenvalue weighted by Gasteiger charge is 2.04. The van der Waals surface area contributed by atoms with E-state index in [4.69, 9.17) is 15.3 Å². The van der Waals surface area contributed by atoms with Gasteiger partial charge in [-0.25, -0.2) is 0 Å². The number of aliphatic hydroxyl groups is 3. The van der Waals surface area contributed by atoms with Crippen molar-refractivity contribution in [1.29, 1.82) is 0 Å². The molecule has 5 nitrogen and oxygen atoms in total. The smallest absolute Gasteiger partial charge is 0.220 e. The molecule has 0 saturated carbocycles. The Balaban J connectivity index is 3.31. The van der Waals surface area contributed by atoms with Crippen LogP contribution in [0.25, 0.3) is 0 Å². The predicted octanol–water partition coefficient (Wildman–Crippen LogP) is -1.77. The third kappa shape index (κ3) is 6.09. The molecule has 12 heavy (non-hydrogen) atoms. The summed E-state index contributed by atoms with van der Waals surface area (Å²) in [6.45, 7) is -0.322. The third-order valence-electron chi connectivity index (χ3n) is 1.31. The van der Waals surface area contributed by atoms with Crippen LogP contribution < -0.4 is 5.32 Å². The fourth-order valence-electron chi connectivity index (χ4n) is 0.624. The molecule has 0 bridgehead atoms. The van der Waals surface area contributed by atoms with Crippen molar-refractivity contribution in [3.05, 3.63) is 0 Å². The molecule has 0 fully saturated rings. The van der Waals surface area contributed by atoms with Gasteiger partial charge in [-0.2, -0.15) is 0 Å². The molecule has 5 heteroatoms. The third-order valence-corrected chi connectivity index (χ3v) is 1.31. The summed E-state index contributed by atoms with van der Waals surface area (Å²) in [5, 5.41) is 28.0. The van der Waals surface area contributed by atoms with Crippen LogP contribution in [0.1, 0.15) is 12.8 Å². The lowest BCUT2D eigenvalue weighted by atomic mass is 10.3. The summed E-state index contributed by atoms with van der Waals surface area (Å²) >= 11 is 0. The van der Waals surface area contributed by atoms with Crippen LogP contribution >= 0.6 is 0 Å². The minimum atomic E-state index is -0.900. The monoisotopic (exact) mass is 177 g/mol. The van der Waals surface area contributed by atoms with Crippen LogP contribution in [0.2, 0.25) is 0 Å². The van der Waals surface area contributed by atoms with E-state index in [-0.39, 0.29) is 32.1 Å². The lowest BCUT2D eigenvalue weighted by molar-refractivity contribution is -0.121. The second kappa shape index (κ2) is 7.02. The Labute approximate surface area is 71.0 Å². The molecular weight excluding hydrogens is 162 g/mol. The average molecular weight is 177 g/mol. The Kier molecular flexibility index (Phi) is 6.64. The molecule has 0 aromatic rings. The summed E-state index contributed by atoms with van der Waals surface area (Å²) in [6, 6.07) is 0. The number of carbonyl (C=O) groups is 1. The van der Waals surface area contributed by atoms with Gasteiger partial charge in [0.2, 0.25) is 5.91 Å². The number of hydrogen-bond acceptors (Lipinski definition) is 4. The first-order chi connectivity index (χ1) is 5.70. The van der Waals surface area contributed by atoms with Gasteiger partial charge in [0, 0.05) is 19.6 Å². The molecule has 72 valence electrons. The van der Waals surface area contributed by atoms with Gasteiger partial charge < -0.3 is 20.6 Å². The van der Waals surface area contributed by atoms with E-state index < -0.39 is 6.10 Å². The molecule has 0 aromatic heterocycles. The molecule has 0 aliphatic heterocycles. The summed E-state index contributed by atoms with van der Waals surface area (Å²) in [6.07, 6.45) is -0.238. The van der Waals surface area contributed by atoms with Crippen LogP contribution in [-0.2, 0) is 4.79 Å². The van der Waals surface area contributed by atoms with Crippen molar-refractivity contribution in [2.24, 2.45) is 0 Å². The minimum Gasteiger partial charge on any atom is -0.396 e. The molecule has 1 amide bonds. The first-order valence-electron chi connectivity index (χ1n) is 3.87. The highest BCUT2D eigenvalue weighted by atomic mass is 16.3. The van der Waals surface area contributed by atoms with Gasteiger partial charge in [0.05, 0.1) is 12.7 Å². The first kappa shape index (κ1) is 11.4. The van der Waals surface area contributed by atoms with Gasteiger partial charge in [0.1, 0.15) is 0 Å². The highest BCUT2D eigenvalue weighted by Crippen LogP contribution is 1.86. The van der Waals surface area contributed by atoms with E-state index in [2.05, 4.69) is 5.32 Å². The van der Waals surface area contributed by atoms with E-state index in [1.165, 1.54) is 0 Å². The first-order valence-corrected chi connectivity index (χ1v) is 3.87. The summed E-state index contributed by atoms with van der Waals surface area (Å²) < 4.78 is 0. The van der Waals surface area contributed by atoms with E-state index in [0.717, 1.165) is 0 Å². The van der Waals surface area contributed by atoms with Crippen LogP contribution in [0.4, 0.5) is 0 Å². The second-order valence-electron chi connectivity index (χ2n) is 2.47. The average Bonchev–Trinajstić information content (AvgIpc) is 2.10. The molecular formula is C7H15NO4. The largest absolute Gasteiger partial charge is 0.396 e. The number of aliphatic hydroxyl groups excluding tert-OH is 3. The van der Waals surface area contributed by atoms with Crippen LogP contribution in [0, 0.1) is 0 Å². The topological polar surface area (TPSA) is 89.8 Å². The summed E-state index contributed by atoms with van der Waals surface area (Å²) in [5.41, 5.74) is 0. The fraction of sp³-hybridized carbons (Fsp3) is 0.857. The number of amides is 1. The van der Waals surface area contributed by atoms with Crippen molar-refractivity contribution in [2.45, 2.75) is 18.9 Å². The summed E-state index contributed by atoms with van der Waals surface area (Å²) in [4.78, 5) is 10.8. The van der Waals surface area contributed by atoms with Gasteiger partial charge in [0.15, 0.2) is 0 Å². The van der Waals surface area contributed by atoms with Gasteiger partial charge >= 0.3 is 0 Å². The zero-order valence-corrected chi connectivity index (χ0v) is 6.86. The SMILES string of the molecule is O=C(CCCO)NCC(O)CO. The van der Waals surface area contributed by atoms with Crippen molar-refractivity contribution in [2.75, 3.05) is 19.8 Å². The van der Waals surface area contributed by atoms with E-state index >= 15 is 0 Å². The normalized spacial score (nSPS) is 12.6. The maximum absolute atomic E-state index is 10.8. The second-order valence-corrected chi connectivity index (χ2v) is 2.47. The van der Waals surface area contributed by atoms with Crippen molar-refractivity contribution < 1.29 is 20.1 Å². The maximum Gasteiger partial charge on any atom is 0.220 e. The molecule has 0 saturated heterocycles. The van der Waals surface area contributed by atoms with Crippen molar-refractivity contribution in [1.82, 2.24) is 5.32 Å².